The standard InChI is InChI=1S/C26H34N2O2/c1-18-7-12-22-23(15-26(3,4)30-24(22)14-18)27-25(29)21-10-8-20(9-11-21)17-28-13-5-6-19(2)16-28/h7-12,14,19,23H,5-6,13,15-17H2,1-4H3,(H,27,29)/t19-,23+/m0/s1. The van der Waals surface area contributed by atoms with E-state index in [1.54, 1.807) is 0 Å². The molecular formula is C26H34N2O2. The lowest BCUT2D eigenvalue weighted by molar-refractivity contribution is 0.0619. The monoisotopic (exact) mass is 406 g/mol. The van der Waals surface area contributed by atoms with E-state index in [-0.39, 0.29) is 17.6 Å². The van der Waals surface area contributed by atoms with Crippen LogP contribution in [0, 0.1) is 12.8 Å². The van der Waals surface area contributed by atoms with E-state index in [0.717, 1.165) is 35.8 Å². The molecule has 0 radical (unpaired) electrons. The molecule has 4 nitrogen and oxygen atoms in total. The van der Waals surface area contributed by atoms with Crippen LogP contribution in [0.2, 0.25) is 0 Å². The molecule has 0 bridgehead atoms. The Morgan fingerprint density at radius 1 is 1.20 bits per heavy atom. The summed E-state index contributed by atoms with van der Waals surface area (Å²) < 4.78 is 6.16. The lowest BCUT2D eigenvalue weighted by atomic mass is 9.89. The van der Waals surface area contributed by atoms with Crippen molar-refractivity contribution in [2.45, 2.75) is 65.1 Å². The number of hydrogen-bond donors (Lipinski definition) is 1. The summed E-state index contributed by atoms with van der Waals surface area (Å²) in [6.45, 7) is 11.8. The third-order valence-electron chi connectivity index (χ3n) is 6.30. The minimum absolute atomic E-state index is 0.0256. The topological polar surface area (TPSA) is 41.6 Å². The molecule has 1 amide bonds. The van der Waals surface area contributed by atoms with Crippen LogP contribution in [0.4, 0.5) is 0 Å². The normalized spacial score (nSPS) is 23.3. The second-order valence-corrected chi connectivity index (χ2v) is 9.81. The van der Waals surface area contributed by atoms with E-state index in [0.29, 0.717) is 5.56 Å². The highest BCUT2D eigenvalue weighted by Gasteiger charge is 2.34. The predicted molar refractivity (Wildman–Crippen MR) is 121 cm³/mol. The molecule has 0 spiro atoms. The van der Waals surface area contributed by atoms with E-state index < -0.39 is 0 Å². The molecule has 4 rings (SSSR count). The molecule has 2 aromatic carbocycles. The van der Waals surface area contributed by atoms with Crippen molar-refractivity contribution in [1.82, 2.24) is 10.2 Å². The Hall–Kier alpha value is -2.33. The van der Waals surface area contributed by atoms with Crippen LogP contribution in [0.15, 0.2) is 42.5 Å². The average Bonchev–Trinajstić information content (AvgIpc) is 2.67. The molecule has 0 aliphatic carbocycles. The van der Waals surface area contributed by atoms with Gasteiger partial charge in [0.05, 0.1) is 6.04 Å². The third-order valence-corrected chi connectivity index (χ3v) is 6.30. The second kappa shape index (κ2) is 8.43. The van der Waals surface area contributed by atoms with Crippen molar-refractivity contribution in [3.8, 4) is 5.75 Å². The first kappa shape index (κ1) is 20.9. The highest BCUT2D eigenvalue weighted by molar-refractivity contribution is 5.94. The number of piperidine rings is 1. The predicted octanol–water partition coefficient (Wildman–Crippen LogP) is 5.26. The number of aryl methyl sites for hydroxylation is 1. The average molecular weight is 407 g/mol. The molecule has 2 aromatic rings. The van der Waals surface area contributed by atoms with E-state index in [2.05, 4.69) is 68.2 Å². The Balaban J connectivity index is 1.44. The van der Waals surface area contributed by atoms with Gasteiger partial charge in [0.15, 0.2) is 0 Å². The van der Waals surface area contributed by atoms with E-state index in [1.807, 2.05) is 12.1 Å². The van der Waals surface area contributed by atoms with Gasteiger partial charge in [-0.15, -0.1) is 0 Å². The number of carbonyl (C=O) groups is 1. The first-order chi connectivity index (χ1) is 14.3. The van der Waals surface area contributed by atoms with Gasteiger partial charge in [-0.25, -0.2) is 0 Å². The van der Waals surface area contributed by atoms with Crippen LogP contribution in [0.25, 0.3) is 0 Å². The van der Waals surface area contributed by atoms with Crippen molar-refractivity contribution in [2.24, 2.45) is 5.92 Å². The minimum atomic E-state index is -0.311. The lowest BCUT2D eigenvalue weighted by Crippen LogP contribution is -2.41. The van der Waals surface area contributed by atoms with Crippen molar-refractivity contribution in [1.29, 1.82) is 0 Å². The summed E-state index contributed by atoms with van der Waals surface area (Å²) in [5, 5.41) is 3.24. The molecular weight excluding hydrogens is 372 g/mol. The van der Waals surface area contributed by atoms with Crippen LogP contribution in [-0.4, -0.2) is 29.5 Å². The van der Waals surface area contributed by atoms with Gasteiger partial charge >= 0.3 is 0 Å². The zero-order valence-electron chi connectivity index (χ0n) is 18.7. The first-order valence-corrected chi connectivity index (χ1v) is 11.2. The maximum Gasteiger partial charge on any atom is 0.251 e. The number of nitrogens with one attached hydrogen (secondary N) is 1. The van der Waals surface area contributed by atoms with E-state index in [4.69, 9.17) is 4.74 Å². The number of amides is 1. The van der Waals surface area contributed by atoms with Crippen LogP contribution in [0.5, 0.6) is 5.75 Å². The molecule has 160 valence electrons. The summed E-state index contributed by atoms with van der Waals surface area (Å²) in [6.07, 6.45) is 3.37. The second-order valence-electron chi connectivity index (χ2n) is 9.81. The van der Waals surface area contributed by atoms with Gasteiger partial charge in [-0.3, -0.25) is 9.69 Å². The van der Waals surface area contributed by atoms with Crippen LogP contribution >= 0.6 is 0 Å². The lowest BCUT2D eigenvalue weighted by Gasteiger charge is -2.38. The van der Waals surface area contributed by atoms with E-state index >= 15 is 0 Å². The van der Waals surface area contributed by atoms with Crippen molar-refractivity contribution < 1.29 is 9.53 Å². The molecule has 2 heterocycles. The maximum absolute atomic E-state index is 13.0. The fourth-order valence-corrected chi connectivity index (χ4v) is 4.78. The Labute approximate surface area is 180 Å². The van der Waals surface area contributed by atoms with Crippen molar-refractivity contribution >= 4 is 5.91 Å². The molecule has 0 aromatic heterocycles. The smallest absolute Gasteiger partial charge is 0.251 e. The molecule has 1 fully saturated rings. The number of nitrogens with zero attached hydrogens (tertiary/aromatic N) is 1. The molecule has 30 heavy (non-hydrogen) atoms. The van der Waals surface area contributed by atoms with Crippen LogP contribution in [-0.2, 0) is 6.54 Å². The van der Waals surface area contributed by atoms with Crippen molar-refractivity contribution in [2.75, 3.05) is 13.1 Å². The van der Waals surface area contributed by atoms with Gasteiger partial charge in [0.25, 0.3) is 5.91 Å². The van der Waals surface area contributed by atoms with Crippen molar-refractivity contribution in [3.05, 3.63) is 64.7 Å². The van der Waals surface area contributed by atoms with Crippen molar-refractivity contribution in [3.63, 3.8) is 0 Å². The molecule has 4 heteroatoms. The number of rotatable bonds is 4. The molecule has 1 saturated heterocycles. The van der Waals surface area contributed by atoms with Gasteiger partial charge in [-0.05, 0) is 75.4 Å². The molecule has 2 aliphatic heterocycles. The summed E-state index contributed by atoms with van der Waals surface area (Å²) >= 11 is 0. The molecule has 0 unspecified atom stereocenters. The highest BCUT2D eigenvalue weighted by atomic mass is 16.5. The summed E-state index contributed by atoms with van der Waals surface area (Å²) in [7, 11) is 0. The largest absolute Gasteiger partial charge is 0.487 e. The summed E-state index contributed by atoms with van der Waals surface area (Å²) in [5.74, 6) is 1.63. The molecule has 1 N–H and O–H groups in total. The number of carbonyl (C=O) groups excluding carboxylic acids is 1. The van der Waals surface area contributed by atoms with E-state index in [1.165, 1.54) is 31.5 Å². The summed E-state index contributed by atoms with van der Waals surface area (Å²) in [4.78, 5) is 15.5. The van der Waals surface area contributed by atoms with Gasteiger partial charge in [0.1, 0.15) is 11.4 Å². The van der Waals surface area contributed by atoms with Crippen LogP contribution in [0.3, 0.4) is 0 Å². The maximum atomic E-state index is 13.0. The fraction of sp³-hybridized carbons (Fsp3) is 0.500. The van der Waals surface area contributed by atoms with Gasteiger partial charge < -0.3 is 10.1 Å². The van der Waals surface area contributed by atoms with Gasteiger partial charge in [-0.1, -0.05) is 31.2 Å². The number of hydrogen-bond acceptors (Lipinski definition) is 3. The number of benzene rings is 2. The van der Waals surface area contributed by atoms with E-state index in [9.17, 15) is 4.79 Å². The minimum Gasteiger partial charge on any atom is -0.487 e. The molecule has 0 saturated carbocycles. The third kappa shape index (κ3) is 4.86. The highest BCUT2D eigenvalue weighted by Crippen LogP contribution is 2.40. The van der Waals surface area contributed by atoms with Crippen LogP contribution in [0.1, 0.15) is 73.1 Å². The fourth-order valence-electron chi connectivity index (χ4n) is 4.78. The zero-order valence-corrected chi connectivity index (χ0v) is 18.7. The Morgan fingerprint density at radius 2 is 1.97 bits per heavy atom. The quantitative estimate of drug-likeness (QED) is 0.753. The zero-order chi connectivity index (χ0) is 21.3. The molecule has 2 aliphatic rings. The van der Waals surface area contributed by atoms with Gasteiger partial charge in [-0.2, -0.15) is 0 Å². The SMILES string of the molecule is Cc1ccc2c(c1)OC(C)(C)C[C@H]2NC(=O)c1ccc(CN2CCC[C@H](C)C2)cc1. The van der Waals surface area contributed by atoms with Crippen LogP contribution < -0.4 is 10.1 Å². The first-order valence-electron chi connectivity index (χ1n) is 11.2. The number of likely N-dealkylation sites (tertiary alicyclic amines) is 1. The Bertz CT molecular complexity index is 904. The molecule has 2 atom stereocenters. The van der Waals surface area contributed by atoms with Gasteiger partial charge in [0.2, 0.25) is 0 Å². The Morgan fingerprint density at radius 3 is 2.70 bits per heavy atom. The number of ether oxygens (including phenoxy) is 1. The Kier molecular flexibility index (Phi) is 5.88. The number of fused-ring (bicyclic) bond motifs is 1. The summed E-state index contributed by atoms with van der Waals surface area (Å²) in [6, 6.07) is 14.3. The summed E-state index contributed by atoms with van der Waals surface area (Å²) in [5.41, 5.74) is 3.89. The van der Waals surface area contributed by atoms with Gasteiger partial charge in [0, 0.05) is 30.6 Å².